The largest absolute Gasteiger partial charge is 0.489 e. The van der Waals surface area contributed by atoms with Crippen LogP contribution in [0.1, 0.15) is 22.7 Å². The van der Waals surface area contributed by atoms with E-state index in [4.69, 9.17) is 4.74 Å². The summed E-state index contributed by atoms with van der Waals surface area (Å²) in [7, 11) is 0. The van der Waals surface area contributed by atoms with E-state index in [1.165, 1.54) is 0 Å². The topological polar surface area (TPSA) is 70.7 Å². The Labute approximate surface area is 186 Å². The number of hydrogen-bond donors (Lipinski definition) is 2. The average molecular weight is 425 g/mol. The van der Waals surface area contributed by atoms with E-state index in [9.17, 15) is 9.59 Å². The molecular weight excluding hydrogens is 402 g/mol. The maximum absolute atomic E-state index is 13.2. The molecule has 3 aromatic carbocycles. The zero-order valence-electron chi connectivity index (χ0n) is 17.5. The number of hydrogen-bond acceptors (Lipinski definition) is 3. The van der Waals surface area contributed by atoms with Crippen LogP contribution in [0.2, 0.25) is 0 Å². The van der Waals surface area contributed by atoms with E-state index in [2.05, 4.69) is 10.6 Å². The Kier molecular flexibility index (Phi) is 5.34. The Bertz CT molecular complexity index is 1160. The maximum Gasteiger partial charge on any atom is 0.319 e. The van der Waals surface area contributed by atoms with Crippen LogP contribution < -0.4 is 15.4 Å². The van der Waals surface area contributed by atoms with Crippen LogP contribution in [-0.2, 0) is 17.9 Å². The minimum absolute atomic E-state index is 0.0641. The average Bonchev–Trinajstić information content (AvgIpc) is 3.13. The molecule has 6 nitrogen and oxygen atoms in total. The van der Waals surface area contributed by atoms with Crippen LogP contribution in [0.4, 0.5) is 4.79 Å². The van der Waals surface area contributed by atoms with Gasteiger partial charge in [0.1, 0.15) is 12.4 Å². The van der Waals surface area contributed by atoms with E-state index < -0.39 is 6.04 Å². The van der Waals surface area contributed by atoms with E-state index in [0.29, 0.717) is 31.0 Å². The Morgan fingerprint density at radius 2 is 1.50 bits per heavy atom. The number of benzene rings is 3. The fourth-order valence-corrected chi connectivity index (χ4v) is 4.11. The monoisotopic (exact) mass is 425 g/mol. The summed E-state index contributed by atoms with van der Waals surface area (Å²) in [5, 5.41) is 5.72. The molecule has 6 heteroatoms. The van der Waals surface area contributed by atoms with Gasteiger partial charge in [0.05, 0.1) is 23.9 Å². The number of rotatable bonds is 6. The third-order valence-corrected chi connectivity index (χ3v) is 5.70. The van der Waals surface area contributed by atoms with Gasteiger partial charge in [-0.05, 0) is 28.8 Å². The number of carbonyl (C=O) groups excluding carboxylic acids is 2. The molecule has 0 aromatic heterocycles. The molecule has 2 aliphatic heterocycles. The van der Waals surface area contributed by atoms with Crippen molar-refractivity contribution < 1.29 is 14.3 Å². The van der Waals surface area contributed by atoms with Gasteiger partial charge in [-0.15, -0.1) is 0 Å². The van der Waals surface area contributed by atoms with Gasteiger partial charge in [0.25, 0.3) is 5.91 Å². The van der Waals surface area contributed by atoms with E-state index in [1.807, 2.05) is 84.9 Å². The van der Waals surface area contributed by atoms with Crippen molar-refractivity contribution in [1.29, 1.82) is 0 Å². The lowest BCUT2D eigenvalue weighted by molar-refractivity contribution is -0.126. The Hall–Kier alpha value is -4.06. The Balaban J connectivity index is 1.32. The fourth-order valence-electron chi connectivity index (χ4n) is 4.11. The van der Waals surface area contributed by atoms with E-state index in [0.717, 1.165) is 22.4 Å². The summed E-state index contributed by atoms with van der Waals surface area (Å²) in [6, 6.07) is 26.5. The van der Waals surface area contributed by atoms with Crippen LogP contribution in [0.15, 0.2) is 96.2 Å². The molecule has 0 bridgehead atoms. The first-order valence-corrected chi connectivity index (χ1v) is 10.6. The minimum atomic E-state index is -0.491. The van der Waals surface area contributed by atoms with Crippen LogP contribution >= 0.6 is 0 Å². The quantitative estimate of drug-likeness (QED) is 0.629. The molecule has 3 aromatic rings. The molecule has 160 valence electrons. The SMILES string of the molecule is O=C1NC2=C(C(=O)N(Cc3ccccc3)C2)C(c2ccc(OCc3ccccc3)cc2)N1. The second kappa shape index (κ2) is 8.59. The Morgan fingerprint density at radius 3 is 2.19 bits per heavy atom. The lowest BCUT2D eigenvalue weighted by atomic mass is 9.96. The molecule has 3 amide bonds. The predicted molar refractivity (Wildman–Crippen MR) is 121 cm³/mol. The molecule has 0 saturated heterocycles. The fraction of sp³-hybridized carbons (Fsp3) is 0.154. The van der Waals surface area contributed by atoms with Crippen molar-refractivity contribution in [3.05, 3.63) is 113 Å². The lowest BCUT2D eigenvalue weighted by Gasteiger charge is -2.25. The van der Waals surface area contributed by atoms with Crippen molar-refractivity contribution in [3.63, 3.8) is 0 Å². The molecular formula is C26H23N3O3. The van der Waals surface area contributed by atoms with Gasteiger partial charge in [0, 0.05) is 6.54 Å². The number of carbonyl (C=O) groups is 2. The highest BCUT2D eigenvalue weighted by molar-refractivity contribution is 6.01. The zero-order valence-corrected chi connectivity index (χ0v) is 17.5. The molecule has 0 spiro atoms. The van der Waals surface area contributed by atoms with Crippen LogP contribution in [-0.4, -0.2) is 23.4 Å². The first-order valence-electron chi connectivity index (χ1n) is 10.6. The smallest absolute Gasteiger partial charge is 0.319 e. The number of ether oxygens (including phenoxy) is 1. The van der Waals surface area contributed by atoms with Crippen molar-refractivity contribution in [2.45, 2.75) is 19.2 Å². The Morgan fingerprint density at radius 1 is 0.844 bits per heavy atom. The van der Waals surface area contributed by atoms with Crippen molar-refractivity contribution in [2.75, 3.05) is 6.54 Å². The second-order valence-electron chi connectivity index (χ2n) is 7.91. The highest BCUT2D eigenvalue weighted by Crippen LogP contribution is 2.33. The zero-order chi connectivity index (χ0) is 21.9. The first kappa shape index (κ1) is 19.9. The van der Waals surface area contributed by atoms with Gasteiger partial charge in [-0.2, -0.15) is 0 Å². The molecule has 2 heterocycles. The van der Waals surface area contributed by atoms with Crippen LogP contribution in [0, 0.1) is 0 Å². The number of amides is 3. The molecule has 0 radical (unpaired) electrons. The highest BCUT2D eigenvalue weighted by atomic mass is 16.5. The molecule has 1 atom stereocenters. The van der Waals surface area contributed by atoms with Crippen molar-refractivity contribution in [1.82, 2.24) is 15.5 Å². The van der Waals surface area contributed by atoms with Crippen molar-refractivity contribution in [2.24, 2.45) is 0 Å². The molecule has 32 heavy (non-hydrogen) atoms. The maximum atomic E-state index is 13.2. The van der Waals surface area contributed by atoms with Gasteiger partial charge in [-0.3, -0.25) is 4.79 Å². The summed E-state index contributed by atoms with van der Waals surface area (Å²) in [5.74, 6) is 0.668. The summed E-state index contributed by atoms with van der Waals surface area (Å²) in [6.07, 6.45) is 0. The molecule has 0 aliphatic carbocycles. The van der Waals surface area contributed by atoms with Gasteiger partial charge >= 0.3 is 6.03 Å². The van der Waals surface area contributed by atoms with Crippen LogP contribution in [0.25, 0.3) is 0 Å². The summed E-state index contributed by atoms with van der Waals surface area (Å²) in [5.41, 5.74) is 4.25. The van der Waals surface area contributed by atoms with E-state index in [-0.39, 0.29) is 11.9 Å². The van der Waals surface area contributed by atoms with E-state index >= 15 is 0 Å². The second-order valence-corrected chi connectivity index (χ2v) is 7.91. The first-order chi connectivity index (χ1) is 15.7. The van der Waals surface area contributed by atoms with Gasteiger partial charge in [-0.25, -0.2) is 4.79 Å². The summed E-state index contributed by atoms with van der Waals surface area (Å²) in [6.45, 7) is 1.37. The lowest BCUT2D eigenvalue weighted by Crippen LogP contribution is -2.44. The van der Waals surface area contributed by atoms with Gasteiger partial charge in [0.15, 0.2) is 0 Å². The molecule has 2 N–H and O–H groups in total. The van der Waals surface area contributed by atoms with Crippen molar-refractivity contribution in [3.8, 4) is 5.75 Å². The number of urea groups is 1. The number of nitrogens with one attached hydrogen (secondary N) is 2. The summed E-state index contributed by atoms with van der Waals surface area (Å²) >= 11 is 0. The minimum Gasteiger partial charge on any atom is -0.489 e. The van der Waals surface area contributed by atoms with Gasteiger partial charge in [-0.1, -0.05) is 72.8 Å². The third-order valence-electron chi connectivity index (χ3n) is 5.70. The predicted octanol–water partition coefficient (Wildman–Crippen LogP) is 3.92. The molecule has 5 rings (SSSR count). The standard InChI is InChI=1S/C26H23N3O3/c30-25-23-22(16-29(25)15-18-7-3-1-4-8-18)27-26(31)28-24(23)20-11-13-21(14-12-20)32-17-19-9-5-2-6-10-19/h1-14,24H,15-17H2,(H2,27,28,31). The normalized spacial score (nSPS) is 17.6. The van der Waals surface area contributed by atoms with Crippen molar-refractivity contribution >= 4 is 11.9 Å². The summed E-state index contributed by atoms with van der Waals surface area (Å²) < 4.78 is 5.86. The van der Waals surface area contributed by atoms with Crippen LogP contribution in [0.3, 0.4) is 0 Å². The third kappa shape index (κ3) is 4.07. The molecule has 0 fully saturated rings. The molecule has 1 unspecified atom stereocenters. The van der Waals surface area contributed by atoms with E-state index in [1.54, 1.807) is 4.90 Å². The summed E-state index contributed by atoms with van der Waals surface area (Å²) in [4.78, 5) is 27.3. The van der Waals surface area contributed by atoms with Crippen LogP contribution in [0.5, 0.6) is 5.75 Å². The van der Waals surface area contributed by atoms with Gasteiger partial charge < -0.3 is 20.3 Å². The molecule has 2 aliphatic rings. The molecule has 0 saturated carbocycles. The van der Waals surface area contributed by atoms with Gasteiger partial charge in [0.2, 0.25) is 0 Å². The highest BCUT2D eigenvalue weighted by Gasteiger charge is 2.40. The number of nitrogens with zero attached hydrogens (tertiary/aromatic N) is 1.